The molecule has 1 amide bonds. The number of carbonyl (C=O) groups excluding carboxylic acids is 1. The lowest BCUT2D eigenvalue weighted by atomic mass is 10.1. The molecular formula is C11H12BrF3N4O2. The van der Waals surface area contributed by atoms with Crippen LogP contribution in [0.1, 0.15) is 29.5 Å². The van der Waals surface area contributed by atoms with E-state index in [4.69, 9.17) is 0 Å². The van der Waals surface area contributed by atoms with Crippen molar-refractivity contribution in [2.24, 2.45) is 12.1 Å². The summed E-state index contributed by atoms with van der Waals surface area (Å²) in [4.78, 5) is 12.4. The third-order valence-corrected chi connectivity index (χ3v) is 4.07. The standard InChI is InChI=1S/C11H12BrF3N4O2/c1-5-4-10(21,11(13,14)15)19(16-5)9(20)8-7(12)6(2)17-18(8)3/h21H,4H2,1-3H3/t10-/m1/s1. The third-order valence-electron chi connectivity index (χ3n) is 3.12. The fraction of sp³-hybridized carbons (Fsp3) is 0.545. The highest BCUT2D eigenvalue weighted by Crippen LogP contribution is 2.41. The molecule has 0 unspecified atom stereocenters. The molecule has 21 heavy (non-hydrogen) atoms. The van der Waals surface area contributed by atoms with Crippen LogP contribution in [0, 0.1) is 6.92 Å². The summed E-state index contributed by atoms with van der Waals surface area (Å²) in [6, 6.07) is 0. The summed E-state index contributed by atoms with van der Waals surface area (Å²) in [6.45, 7) is 2.91. The van der Waals surface area contributed by atoms with Crippen molar-refractivity contribution in [3.63, 3.8) is 0 Å². The highest BCUT2D eigenvalue weighted by molar-refractivity contribution is 9.10. The first-order valence-electron chi connectivity index (χ1n) is 5.86. The number of aromatic nitrogens is 2. The molecule has 1 aliphatic rings. The van der Waals surface area contributed by atoms with Crippen LogP contribution < -0.4 is 0 Å². The van der Waals surface area contributed by atoms with Crippen molar-refractivity contribution in [3.8, 4) is 0 Å². The summed E-state index contributed by atoms with van der Waals surface area (Å²) in [5.41, 5.74) is -3.01. The number of hydrazone groups is 1. The van der Waals surface area contributed by atoms with E-state index in [0.29, 0.717) is 5.69 Å². The molecule has 116 valence electrons. The Morgan fingerprint density at radius 1 is 1.43 bits per heavy atom. The number of rotatable bonds is 1. The molecule has 6 nitrogen and oxygen atoms in total. The SMILES string of the molecule is CC1=NN(C(=O)c2c(Br)c(C)nn2C)[C@](O)(C(F)(F)F)C1. The van der Waals surface area contributed by atoms with Crippen LogP contribution in [0.15, 0.2) is 9.57 Å². The fourth-order valence-electron chi connectivity index (χ4n) is 2.12. The number of halogens is 4. The van der Waals surface area contributed by atoms with Gasteiger partial charge in [0.15, 0.2) is 0 Å². The minimum atomic E-state index is -5.02. The average molecular weight is 369 g/mol. The van der Waals surface area contributed by atoms with Crippen LogP contribution in [0.25, 0.3) is 0 Å². The van der Waals surface area contributed by atoms with Crippen LogP contribution in [-0.4, -0.2) is 43.4 Å². The van der Waals surface area contributed by atoms with Gasteiger partial charge < -0.3 is 5.11 Å². The predicted molar refractivity (Wildman–Crippen MR) is 70.5 cm³/mol. The van der Waals surface area contributed by atoms with Crippen molar-refractivity contribution in [2.75, 3.05) is 0 Å². The fourth-order valence-corrected chi connectivity index (χ4v) is 2.62. The first kappa shape index (κ1) is 16.0. The molecule has 1 atom stereocenters. The van der Waals surface area contributed by atoms with Crippen LogP contribution in [0.5, 0.6) is 0 Å². The van der Waals surface area contributed by atoms with Crippen LogP contribution >= 0.6 is 15.9 Å². The Balaban J connectivity index is 2.51. The Kier molecular flexibility index (Phi) is 3.65. The average Bonchev–Trinajstić information content (AvgIpc) is 2.76. The number of amides is 1. The highest BCUT2D eigenvalue weighted by Gasteiger charge is 2.63. The zero-order valence-electron chi connectivity index (χ0n) is 11.4. The Morgan fingerprint density at radius 2 is 2.00 bits per heavy atom. The van der Waals surface area contributed by atoms with E-state index in [-0.39, 0.29) is 20.9 Å². The van der Waals surface area contributed by atoms with Gasteiger partial charge in [0.2, 0.25) is 0 Å². The first-order valence-corrected chi connectivity index (χ1v) is 6.65. The van der Waals surface area contributed by atoms with Crippen molar-refractivity contribution in [1.82, 2.24) is 14.8 Å². The maximum absolute atomic E-state index is 13.1. The van der Waals surface area contributed by atoms with E-state index in [1.165, 1.54) is 14.0 Å². The van der Waals surface area contributed by atoms with Crippen molar-refractivity contribution >= 4 is 27.5 Å². The summed E-state index contributed by atoms with van der Waals surface area (Å²) in [7, 11) is 1.42. The van der Waals surface area contributed by atoms with Gasteiger partial charge in [-0.1, -0.05) is 0 Å². The molecule has 2 heterocycles. The molecule has 10 heteroatoms. The second kappa shape index (κ2) is 4.80. The number of alkyl halides is 3. The van der Waals surface area contributed by atoms with Gasteiger partial charge in [-0.3, -0.25) is 9.48 Å². The van der Waals surface area contributed by atoms with Gasteiger partial charge in [-0.25, -0.2) is 0 Å². The molecule has 1 aliphatic heterocycles. The Hall–Kier alpha value is -1.42. The maximum Gasteiger partial charge on any atom is 0.438 e. The van der Waals surface area contributed by atoms with E-state index < -0.39 is 24.2 Å². The van der Waals surface area contributed by atoms with Crippen LogP contribution in [0.3, 0.4) is 0 Å². The second-order valence-electron chi connectivity index (χ2n) is 4.81. The number of aliphatic hydroxyl groups is 1. The molecule has 1 N–H and O–H groups in total. The normalized spacial score (nSPS) is 22.7. The van der Waals surface area contributed by atoms with Crippen molar-refractivity contribution in [2.45, 2.75) is 32.2 Å². The molecule has 0 saturated heterocycles. The highest BCUT2D eigenvalue weighted by atomic mass is 79.9. The largest absolute Gasteiger partial charge is 0.438 e. The number of hydrogen-bond donors (Lipinski definition) is 1. The topological polar surface area (TPSA) is 70.7 Å². The van der Waals surface area contributed by atoms with Crippen LogP contribution in [-0.2, 0) is 7.05 Å². The van der Waals surface area contributed by atoms with Gasteiger partial charge in [0, 0.05) is 19.2 Å². The van der Waals surface area contributed by atoms with E-state index in [9.17, 15) is 23.1 Å². The summed E-state index contributed by atoms with van der Waals surface area (Å²) in [6.07, 6.45) is -5.80. The molecule has 0 radical (unpaired) electrons. The van der Waals surface area contributed by atoms with E-state index in [0.717, 1.165) is 4.68 Å². The van der Waals surface area contributed by atoms with E-state index in [2.05, 4.69) is 26.1 Å². The number of carbonyl (C=O) groups is 1. The Bertz CT molecular complexity index is 640. The molecule has 2 rings (SSSR count). The number of hydrogen-bond acceptors (Lipinski definition) is 4. The summed E-state index contributed by atoms with van der Waals surface area (Å²) in [5.74, 6) is -1.08. The Morgan fingerprint density at radius 3 is 2.43 bits per heavy atom. The zero-order valence-corrected chi connectivity index (χ0v) is 12.9. The predicted octanol–water partition coefficient (Wildman–Crippen LogP) is 1.96. The lowest BCUT2D eigenvalue weighted by Crippen LogP contribution is -2.56. The molecular weight excluding hydrogens is 357 g/mol. The second-order valence-corrected chi connectivity index (χ2v) is 5.61. The minimum absolute atomic E-state index is 0.0122. The third kappa shape index (κ3) is 2.35. The molecule has 1 aromatic heterocycles. The molecule has 0 saturated carbocycles. The van der Waals surface area contributed by atoms with Gasteiger partial charge in [0.05, 0.1) is 10.2 Å². The maximum atomic E-state index is 13.1. The van der Waals surface area contributed by atoms with Gasteiger partial charge >= 0.3 is 6.18 Å². The smallest absolute Gasteiger partial charge is 0.362 e. The summed E-state index contributed by atoms with van der Waals surface area (Å²) < 4.78 is 40.7. The molecule has 0 aliphatic carbocycles. The molecule has 0 spiro atoms. The van der Waals surface area contributed by atoms with Gasteiger partial charge in [-0.15, -0.1) is 0 Å². The van der Waals surface area contributed by atoms with Crippen molar-refractivity contribution in [3.05, 3.63) is 15.9 Å². The molecule has 0 fully saturated rings. The van der Waals surface area contributed by atoms with Gasteiger partial charge in [-0.05, 0) is 29.8 Å². The van der Waals surface area contributed by atoms with Crippen LogP contribution in [0.2, 0.25) is 0 Å². The van der Waals surface area contributed by atoms with Crippen molar-refractivity contribution < 1.29 is 23.1 Å². The number of aryl methyl sites for hydroxylation is 2. The molecule has 0 bridgehead atoms. The lowest BCUT2D eigenvalue weighted by molar-refractivity contribution is -0.297. The van der Waals surface area contributed by atoms with E-state index >= 15 is 0 Å². The lowest BCUT2D eigenvalue weighted by Gasteiger charge is -2.32. The molecule has 0 aromatic carbocycles. The summed E-state index contributed by atoms with van der Waals surface area (Å²) >= 11 is 3.11. The van der Waals surface area contributed by atoms with E-state index in [1.807, 2.05) is 0 Å². The Labute approximate surface area is 126 Å². The minimum Gasteiger partial charge on any atom is -0.362 e. The van der Waals surface area contributed by atoms with Gasteiger partial charge in [-0.2, -0.15) is 28.4 Å². The van der Waals surface area contributed by atoms with Crippen molar-refractivity contribution in [1.29, 1.82) is 0 Å². The van der Waals surface area contributed by atoms with Gasteiger partial charge in [0.25, 0.3) is 11.6 Å². The van der Waals surface area contributed by atoms with E-state index in [1.54, 1.807) is 6.92 Å². The summed E-state index contributed by atoms with van der Waals surface area (Å²) in [5, 5.41) is 17.5. The quantitative estimate of drug-likeness (QED) is 0.823. The number of nitrogens with zero attached hydrogens (tertiary/aromatic N) is 4. The zero-order chi connectivity index (χ0) is 16.2. The monoisotopic (exact) mass is 368 g/mol. The van der Waals surface area contributed by atoms with Crippen LogP contribution in [0.4, 0.5) is 13.2 Å². The first-order chi connectivity index (χ1) is 9.49. The molecule has 1 aromatic rings. The van der Waals surface area contributed by atoms with Gasteiger partial charge in [0.1, 0.15) is 5.69 Å².